The number of ether oxygens (including phenoxy) is 3. The first-order valence-corrected chi connectivity index (χ1v) is 23.4. The van der Waals surface area contributed by atoms with Crippen LogP contribution in [0.1, 0.15) is 259 Å². The second kappa shape index (κ2) is 41.6. The molecule has 6 heteroatoms. The number of hydrogen-bond donors (Lipinski definition) is 0. The first-order valence-electron chi connectivity index (χ1n) is 23.4. The zero-order chi connectivity index (χ0) is 38.9. The van der Waals surface area contributed by atoms with Crippen LogP contribution in [0.3, 0.4) is 0 Å². The molecule has 0 radical (unpaired) electrons. The van der Waals surface area contributed by atoms with Gasteiger partial charge in [0.1, 0.15) is 13.2 Å². The van der Waals surface area contributed by atoms with Crippen molar-refractivity contribution >= 4 is 17.9 Å². The third-order valence-electron chi connectivity index (χ3n) is 10.9. The summed E-state index contributed by atoms with van der Waals surface area (Å²) in [7, 11) is 0. The van der Waals surface area contributed by atoms with Gasteiger partial charge in [0.25, 0.3) is 0 Å². The fourth-order valence-corrected chi connectivity index (χ4v) is 6.95. The van der Waals surface area contributed by atoms with E-state index in [9.17, 15) is 14.4 Å². The third-order valence-corrected chi connectivity index (χ3v) is 10.9. The average molecular weight is 751 g/mol. The Hall–Kier alpha value is -1.59. The number of carbonyl (C=O) groups excluding carboxylic acids is 3. The van der Waals surface area contributed by atoms with E-state index in [1.807, 2.05) is 0 Å². The average Bonchev–Trinajstić information content (AvgIpc) is 3.15. The van der Waals surface area contributed by atoms with Crippen molar-refractivity contribution in [1.82, 2.24) is 0 Å². The first-order chi connectivity index (χ1) is 25.9. The Balaban J connectivity index is 4.29. The van der Waals surface area contributed by atoms with Crippen molar-refractivity contribution in [2.24, 2.45) is 5.92 Å². The summed E-state index contributed by atoms with van der Waals surface area (Å²) < 4.78 is 16.7. The lowest BCUT2D eigenvalue weighted by Crippen LogP contribution is -2.30. The van der Waals surface area contributed by atoms with Crippen LogP contribution >= 0.6 is 0 Å². The fraction of sp³-hybridized carbons (Fsp3) is 0.936. The molecule has 0 amide bonds. The van der Waals surface area contributed by atoms with Gasteiger partial charge in [0.2, 0.25) is 0 Å². The molecule has 314 valence electrons. The maximum absolute atomic E-state index is 12.7. The summed E-state index contributed by atoms with van der Waals surface area (Å²) in [6.07, 6.45) is 40.9. The highest BCUT2D eigenvalue weighted by molar-refractivity contribution is 5.71. The van der Waals surface area contributed by atoms with E-state index in [1.165, 1.54) is 154 Å². The molecule has 0 aromatic rings. The van der Waals surface area contributed by atoms with E-state index in [-0.39, 0.29) is 31.1 Å². The van der Waals surface area contributed by atoms with Crippen LogP contribution < -0.4 is 0 Å². The Morgan fingerprint density at radius 1 is 0.377 bits per heavy atom. The van der Waals surface area contributed by atoms with Crippen molar-refractivity contribution in [2.75, 3.05) is 13.2 Å². The molecule has 0 N–H and O–H groups in total. The molecule has 2 atom stereocenters. The highest BCUT2D eigenvalue weighted by atomic mass is 16.6. The predicted molar refractivity (Wildman–Crippen MR) is 224 cm³/mol. The van der Waals surface area contributed by atoms with Crippen LogP contribution in [0.2, 0.25) is 0 Å². The number of carbonyl (C=O) groups is 3. The molecule has 1 unspecified atom stereocenters. The van der Waals surface area contributed by atoms with Crippen molar-refractivity contribution in [2.45, 2.75) is 265 Å². The van der Waals surface area contributed by atoms with Crippen LogP contribution in [0.25, 0.3) is 0 Å². The van der Waals surface area contributed by atoms with E-state index in [2.05, 4.69) is 27.7 Å². The molecule has 0 bridgehead atoms. The lowest BCUT2D eigenvalue weighted by molar-refractivity contribution is -0.167. The molecule has 0 aliphatic heterocycles. The number of hydrogen-bond acceptors (Lipinski definition) is 6. The lowest BCUT2D eigenvalue weighted by atomic mass is 10.00. The predicted octanol–water partition coefficient (Wildman–Crippen LogP) is 14.7. The topological polar surface area (TPSA) is 78.9 Å². The second-order valence-electron chi connectivity index (χ2n) is 16.3. The molecule has 6 nitrogen and oxygen atoms in total. The van der Waals surface area contributed by atoms with E-state index in [4.69, 9.17) is 14.2 Å². The van der Waals surface area contributed by atoms with Crippen LogP contribution in [0.5, 0.6) is 0 Å². The molecule has 0 spiro atoms. The van der Waals surface area contributed by atoms with Crippen molar-refractivity contribution < 1.29 is 28.6 Å². The van der Waals surface area contributed by atoms with Gasteiger partial charge in [0, 0.05) is 19.3 Å². The van der Waals surface area contributed by atoms with E-state index in [1.54, 1.807) is 0 Å². The standard InChI is InChI=1S/C47H90O6/c1-5-8-10-12-14-16-18-19-20-21-22-24-26-31-35-39-46(49)52-42-44(53-47(50)40-36-32-28-27-29-33-37-43(4)7-3)41-51-45(48)38-34-30-25-23-17-15-13-11-9-6-2/h43-44H,5-42H2,1-4H3/t43?,44-/m0/s1. The molecule has 0 saturated carbocycles. The van der Waals surface area contributed by atoms with Gasteiger partial charge in [-0.2, -0.15) is 0 Å². The quantitative estimate of drug-likeness (QED) is 0.0351. The van der Waals surface area contributed by atoms with Crippen molar-refractivity contribution in [3.8, 4) is 0 Å². The summed E-state index contributed by atoms with van der Waals surface area (Å²) in [6, 6.07) is 0. The lowest BCUT2D eigenvalue weighted by Gasteiger charge is -2.18. The Morgan fingerprint density at radius 2 is 0.660 bits per heavy atom. The van der Waals surface area contributed by atoms with Crippen molar-refractivity contribution in [1.29, 1.82) is 0 Å². The summed E-state index contributed by atoms with van der Waals surface area (Å²) in [5.74, 6) is -0.0466. The normalized spacial score (nSPS) is 12.5. The molecule has 0 fully saturated rings. The highest BCUT2D eigenvalue weighted by Gasteiger charge is 2.19. The summed E-state index contributed by atoms with van der Waals surface area (Å²) >= 11 is 0. The molecule has 0 aromatic heterocycles. The van der Waals surface area contributed by atoms with Gasteiger partial charge in [-0.25, -0.2) is 0 Å². The molecule has 0 aliphatic rings. The number of rotatable bonds is 42. The van der Waals surface area contributed by atoms with Crippen LogP contribution in [-0.2, 0) is 28.6 Å². The summed E-state index contributed by atoms with van der Waals surface area (Å²) in [4.78, 5) is 37.7. The zero-order valence-corrected chi connectivity index (χ0v) is 36.0. The van der Waals surface area contributed by atoms with Gasteiger partial charge in [-0.05, 0) is 25.2 Å². The van der Waals surface area contributed by atoms with E-state index in [0.717, 1.165) is 63.7 Å². The SMILES string of the molecule is CCCCCCCCCCCCCCCCCC(=O)OC[C@H](COC(=O)CCCCCCCCCCCC)OC(=O)CCCCCCCCC(C)CC. The van der Waals surface area contributed by atoms with Crippen LogP contribution in [0.4, 0.5) is 0 Å². The Labute approximate surface area is 329 Å². The van der Waals surface area contributed by atoms with Gasteiger partial charge in [-0.15, -0.1) is 0 Å². The van der Waals surface area contributed by atoms with Gasteiger partial charge < -0.3 is 14.2 Å². The molecular weight excluding hydrogens is 661 g/mol. The largest absolute Gasteiger partial charge is 0.462 e. The van der Waals surface area contributed by atoms with Gasteiger partial charge in [-0.1, -0.05) is 220 Å². The van der Waals surface area contributed by atoms with Gasteiger partial charge in [0.15, 0.2) is 6.10 Å². The zero-order valence-electron chi connectivity index (χ0n) is 36.0. The summed E-state index contributed by atoms with van der Waals surface area (Å²) in [5.41, 5.74) is 0. The molecule has 0 heterocycles. The van der Waals surface area contributed by atoms with E-state index in [0.29, 0.717) is 19.3 Å². The Kier molecular flexibility index (Phi) is 40.3. The summed E-state index contributed by atoms with van der Waals surface area (Å²) in [6.45, 7) is 8.96. The minimum Gasteiger partial charge on any atom is -0.462 e. The maximum Gasteiger partial charge on any atom is 0.306 e. The number of esters is 3. The monoisotopic (exact) mass is 751 g/mol. The number of unbranched alkanes of at least 4 members (excludes halogenated alkanes) is 28. The molecular formula is C47H90O6. The minimum absolute atomic E-state index is 0.0645. The Morgan fingerprint density at radius 3 is 0.981 bits per heavy atom. The van der Waals surface area contributed by atoms with Crippen molar-refractivity contribution in [3.05, 3.63) is 0 Å². The molecule has 0 aromatic carbocycles. The molecule has 53 heavy (non-hydrogen) atoms. The molecule has 0 aliphatic carbocycles. The first kappa shape index (κ1) is 51.4. The van der Waals surface area contributed by atoms with Crippen LogP contribution in [0.15, 0.2) is 0 Å². The van der Waals surface area contributed by atoms with Gasteiger partial charge in [-0.3, -0.25) is 14.4 Å². The van der Waals surface area contributed by atoms with Gasteiger partial charge >= 0.3 is 17.9 Å². The Bertz CT molecular complexity index is 798. The van der Waals surface area contributed by atoms with Crippen LogP contribution in [-0.4, -0.2) is 37.2 Å². The molecule has 0 rings (SSSR count). The van der Waals surface area contributed by atoms with Crippen molar-refractivity contribution in [3.63, 3.8) is 0 Å². The molecule has 0 saturated heterocycles. The van der Waals surface area contributed by atoms with E-state index >= 15 is 0 Å². The highest BCUT2D eigenvalue weighted by Crippen LogP contribution is 2.17. The van der Waals surface area contributed by atoms with E-state index < -0.39 is 6.10 Å². The third kappa shape index (κ3) is 39.9. The second-order valence-corrected chi connectivity index (χ2v) is 16.3. The summed E-state index contributed by atoms with van der Waals surface area (Å²) in [5, 5.41) is 0. The fourth-order valence-electron chi connectivity index (χ4n) is 6.95. The smallest absolute Gasteiger partial charge is 0.306 e. The minimum atomic E-state index is -0.760. The van der Waals surface area contributed by atoms with Crippen LogP contribution in [0, 0.1) is 5.92 Å². The van der Waals surface area contributed by atoms with Gasteiger partial charge in [0.05, 0.1) is 0 Å². The maximum atomic E-state index is 12.7.